The Hall–Kier alpha value is -1.73. The molecule has 0 radical (unpaired) electrons. The highest BCUT2D eigenvalue weighted by atomic mass is 35.5. The van der Waals surface area contributed by atoms with Gasteiger partial charge < -0.3 is 10.6 Å². The van der Waals surface area contributed by atoms with Crippen molar-refractivity contribution in [2.75, 3.05) is 19.3 Å². The zero-order valence-electron chi connectivity index (χ0n) is 8.20. The van der Waals surface area contributed by atoms with Crippen LogP contribution in [-0.4, -0.2) is 29.4 Å². The van der Waals surface area contributed by atoms with Crippen LogP contribution in [0, 0.1) is 12.3 Å². The van der Waals surface area contributed by atoms with Gasteiger partial charge in [0, 0.05) is 7.05 Å². The van der Waals surface area contributed by atoms with Crippen LogP contribution in [0.15, 0.2) is 12.3 Å². The minimum absolute atomic E-state index is 0.220. The Morgan fingerprint density at radius 1 is 1.80 bits per heavy atom. The number of hydrogen-bond acceptors (Lipinski definition) is 3. The Bertz CT molecular complexity index is 425. The molecule has 1 aromatic rings. The topological polar surface area (TPSA) is 59.2 Å². The Labute approximate surface area is 93.0 Å². The number of nitrogens with zero attached hydrogens (tertiary/aromatic N) is 2. The summed E-state index contributed by atoms with van der Waals surface area (Å²) < 4.78 is 0. The number of nitrogen functional groups attached to an aromatic ring is 1. The van der Waals surface area contributed by atoms with Gasteiger partial charge in [-0.05, 0) is 6.07 Å². The molecule has 1 heterocycles. The van der Waals surface area contributed by atoms with Gasteiger partial charge in [-0.25, -0.2) is 4.98 Å². The number of halogens is 1. The van der Waals surface area contributed by atoms with Crippen LogP contribution in [0.1, 0.15) is 10.4 Å². The van der Waals surface area contributed by atoms with E-state index in [9.17, 15) is 4.79 Å². The number of terminal acetylenes is 1. The lowest BCUT2D eigenvalue weighted by Crippen LogP contribution is -2.27. The fraction of sp³-hybridized carbons (Fsp3) is 0.200. The monoisotopic (exact) mass is 223 g/mol. The van der Waals surface area contributed by atoms with E-state index in [0.717, 1.165) is 0 Å². The van der Waals surface area contributed by atoms with E-state index in [4.69, 9.17) is 23.8 Å². The predicted octanol–water partition coefficient (Wildman–Crippen LogP) is 1.02. The molecule has 0 unspecified atom stereocenters. The van der Waals surface area contributed by atoms with Crippen LogP contribution in [0.25, 0.3) is 0 Å². The second kappa shape index (κ2) is 4.67. The minimum Gasteiger partial charge on any atom is -0.397 e. The van der Waals surface area contributed by atoms with Crippen molar-refractivity contribution in [2.45, 2.75) is 0 Å². The van der Waals surface area contributed by atoms with Gasteiger partial charge in [-0.2, -0.15) is 0 Å². The van der Waals surface area contributed by atoms with Gasteiger partial charge in [-0.15, -0.1) is 6.42 Å². The lowest BCUT2D eigenvalue weighted by atomic mass is 10.2. The van der Waals surface area contributed by atoms with Crippen molar-refractivity contribution < 1.29 is 4.79 Å². The standard InChI is InChI=1S/C10H10ClN3O/c1-3-4-14(2)10(15)7-5-9(11)13-6-8(7)12/h1,5-6H,4,12H2,2H3. The van der Waals surface area contributed by atoms with Crippen molar-refractivity contribution >= 4 is 23.2 Å². The van der Waals surface area contributed by atoms with E-state index in [0.29, 0.717) is 5.56 Å². The van der Waals surface area contributed by atoms with Crippen molar-refractivity contribution in [3.8, 4) is 12.3 Å². The van der Waals surface area contributed by atoms with Gasteiger partial charge in [0.2, 0.25) is 0 Å². The number of nitrogens with two attached hydrogens (primary N) is 1. The molecule has 78 valence electrons. The largest absolute Gasteiger partial charge is 0.397 e. The SMILES string of the molecule is C#CCN(C)C(=O)c1cc(Cl)ncc1N. The van der Waals surface area contributed by atoms with Crippen LogP contribution in [-0.2, 0) is 0 Å². The summed E-state index contributed by atoms with van der Waals surface area (Å²) in [5.41, 5.74) is 6.20. The highest BCUT2D eigenvalue weighted by molar-refractivity contribution is 6.29. The van der Waals surface area contributed by atoms with Gasteiger partial charge in [0.1, 0.15) is 5.15 Å². The molecule has 15 heavy (non-hydrogen) atoms. The predicted molar refractivity (Wildman–Crippen MR) is 59.5 cm³/mol. The number of rotatable bonds is 2. The molecule has 1 aromatic heterocycles. The zero-order valence-corrected chi connectivity index (χ0v) is 8.95. The molecular formula is C10H10ClN3O. The summed E-state index contributed by atoms with van der Waals surface area (Å²) in [6.45, 7) is 0.220. The number of amides is 1. The maximum atomic E-state index is 11.8. The third-order valence-electron chi connectivity index (χ3n) is 1.81. The molecule has 0 bridgehead atoms. The number of anilines is 1. The number of carbonyl (C=O) groups excluding carboxylic acids is 1. The van der Waals surface area contributed by atoms with E-state index < -0.39 is 0 Å². The first-order chi connectivity index (χ1) is 7.06. The van der Waals surface area contributed by atoms with Gasteiger partial charge in [0.15, 0.2) is 0 Å². The summed E-state index contributed by atoms with van der Waals surface area (Å²) in [4.78, 5) is 16.9. The molecular weight excluding hydrogens is 214 g/mol. The number of pyridine rings is 1. The van der Waals surface area contributed by atoms with Crippen LogP contribution < -0.4 is 5.73 Å². The van der Waals surface area contributed by atoms with Crippen LogP contribution in [0.3, 0.4) is 0 Å². The molecule has 0 fully saturated rings. The van der Waals surface area contributed by atoms with Crippen molar-refractivity contribution in [2.24, 2.45) is 0 Å². The van der Waals surface area contributed by atoms with E-state index in [1.54, 1.807) is 7.05 Å². The Kier molecular flexibility index (Phi) is 3.53. The fourth-order valence-corrected chi connectivity index (χ4v) is 1.20. The van der Waals surface area contributed by atoms with E-state index in [-0.39, 0.29) is 23.3 Å². The maximum Gasteiger partial charge on any atom is 0.256 e. The molecule has 1 rings (SSSR count). The summed E-state index contributed by atoms with van der Waals surface area (Å²) in [5, 5.41) is 0.224. The van der Waals surface area contributed by atoms with Crippen LogP contribution in [0.4, 0.5) is 5.69 Å². The number of hydrogen-bond donors (Lipinski definition) is 1. The molecule has 0 aliphatic rings. The Balaban J connectivity index is 3.01. The van der Waals surface area contributed by atoms with Crippen LogP contribution >= 0.6 is 11.6 Å². The summed E-state index contributed by atoms with van der Waals surface area (Å²) in [7, 11) is 1.59. The Morgan fingerprint density at radius 3 is 3.07 bits per heavy atom. The minimum atomic E-state index is -0.269. The van der Waals surface area contributed by atoms with Crippen LogP contribution in [0.2, 0.25) is 5.15 Å². The van der Waals surface area contributed by atoms with Crippen molar-refractivity contribution in [3.63, 3.8) is 0 Å². The van der Waals surface area contributed by atoms with Gasteiger partial charge in [0.05, 0.1) is 24.0 Å². The van der Waals surface area contributed by atoms with Crippen molar-refractivity contribution in [1.82, 2.24) is 9.88 Å². The molecule has 4 nitrogen and oxygen atoms in total. The van der Waals surface area contributed by atoms with E-state index in [2.05, 4.69) is 10.9 Å². The van der Waals surface area contributed by atoms with Gasteiger partial charge in [0.25, 0.3) is 5.91 Å². The van der Waals surface area contributed by atoms with Crippen molar-refractivity contribution in [1.29, 1.82) is 0 Å². The molecule has 0 aliphatic carbocycles. The third-order valence-corrected chi connectivity index (χ3v) is 2.01. The molecule has 0 atom stereocenters. The lowest BCUT2D eigenvalue weighted by Gasteiger charge is -2.14. The molecule has 1 amide bonds. The summed E-state index contributed by atoms with van der Waals surface area (Å²) in [6, 6.07) is 1.42. The second-order valence-corrected chi connectivity index (χ2v) is 3.35. The highest BCUT2D eigenvalue weighted by Crippen LogP contribution is 2.16. The van der Waals surface area contributed by atoms with Gasteiger partial charge in [-0.3, -0.25) is 4.79 Å². The molecule has 0 saturated heterocycles. The number of aromatic nitrogens is 1. The first-order valence-corrected chi connectivity index (χ1v) is 4.54. The average Bonchev–Trinajstić information content (AvgIpc) is 2.21. The summed E-state index contributed by atoms with van der Waals surface area (Å²) in [5.74, 6) is 2.10. The maximum absolute atomic E-state index is 11.8. The van der Waals surface area contributed by atoms with E-state index in [1.807, 2.05) is 0 Å². The quantitative estimate of drug-likeness (QED) is 0.602. The second-order valence-electron chi connectivity index (χ2n) is 2.96. The van der Waals surface area contributed by atoms with Gasteiger partial charge in [-0.1, -0.05) is 17.5 Å². The normalized spacial score (nSPS) is 9.40. The van der Waals surface area contributed by atoms with E-state index in [1.165, 1.54) is 17.2 Å². The molecule has 0 aromatic carbocycles. The fourth-order valence-electron chi connectivity index (χ4n) is 1.04. The molecule has 5 heteroatoms. The molecule has 0 aliphatic heterocycles. The van der Waals surface area contributed by atoms with Gasteiger partial charge >= 0.3 is 0 Å². The Morgan fingerprint density at radius 2 is 2.47 bits per heavy atom. The summed E-state index contributed by atoms with van der Waals surface area (Å²) >= 11 is 5.66. The average molecular weight is 224 g/mol. The van der Waals surface area contributed by atoms with Crippen LogP contribution in [0.5, 0.6) is 0 Å². The molecule has 2 N–H and O–H groups in total. The molecule has 0 spiro atoms. The smallest absolute Gasteiger partial charge is 0.256 e. The number of carbonyl (C=O) groups is 1. The lowest BCUT2D eigenvalue weighted by molar-refractivity contribution is 0.0813. The summed E-state index contributed by atoms with van der Waals surface area (Å²) in [6.07, 6.45) is 6.45. The van der Waals surface area contributed by atoms with E-state index >= 15 is 0 Å². The first-order valence-electron chi connectivity index (χ1n) is 4.16. The molecule has 0 saturated carbocycles. The zero-order chi connectivity index (χ0) is 11.4. The van der Waals surface area contributed by atoms with Crippen molar-refractivity contribution in [3.05, 3.63) is 23.0 Å². The highest BCUT2D eigenvalue weighted by Gasteiger charge is 2.14. The third kappa shape index (κ3) is 2.61. The first kappa shape index (κ1) is 11.3.